The maximum Gasteiger partial charge on any atom is 0.341 e. The van der Waals surface area contributed by atoms with Crippen molar-refractivity contribution in [3.05, 3.63) is 12.2 Å². The van der Waals surface area contributed by atoms with E-state index in [1.807, 2.05) is 46.8 Å². The second kappa shape index (κ2) is 6.60. The number of cyclic esters (lactones) is 1. The summed E-state index contributed by atoms with van der Waals surface area (Å²) < 4.78 is 15.9. The first-order chi connectivity index (χ1) is 9.60. The zero-order valence-corrected chi connectivity index (χ0v) is 13.8. The van der Waals surface area contributed by atoms with Crippen LogP contribution in [-0.4, -0.2) is 30.9 Å². The molecule has 1 aliphatic rings. The molecule has 120 valence electrons. The molecule has 5 nitrogen and oxygen atoms in total. The first-order valence-electron chi connectivity index (χ1n) is 7.23. The lowest BCUT2D eigenvalue weighted by Crippen LogP contribution is -2.39. The Kier molecular flexibility index (Phi) is 5.56. The highest BCUT2D eigenvalue weighted by Crippen LogP contribution is 2.39. The summed E-state index contributed by atoms with van der Waals surface area (Å²) in [6, 6.07) is 0. The summed E-state index contributed by atoms with van der Waals surface area (Å²) in [5.41, 5.74) is -1.63. The molecule has 0 N–H and O–H groups in total. The van der Waals surface area contributed by atoms with E-state index in [-0.39, 0.29) is 11.8 Å². The highest BCUT2D eigenvalue weighted by Gasteiger charge is 2.54. The van der Waals surface area contributed by atoms with Crippen molar-refractivity contribution < 1.29 is 23.8 Å². The Labute approximate surface area is 126 Å². The van der Waals surface area contributed by atoms with Gasteiger partial charge in [-0.3, -0.25) is 4.79 Å². The molecule has 1 aliphatic heterocycles. The second-order valence-electron chi connectivity index (χ2n) is 6.84. The Morgan fingerprint density at radius 1 is 1.43 bits per heavy atom. The van der Waals surface area contributed by atoms with Gasteiger partial charge in [0.2, 0.25) is 6.29 Å². The van der Waals surface area contributed by atoms with Crippen molar-refractivity contribution in [3.8, 4) is 0 Å². The van der Waals surface area contributed by atoms with Crippen LogP contribution in [0.3, 0.4) is 0 Å². The molecule has 0 radical (unpaired) electrons. The van der Waals surface area contributed by atoms with Crippen LogP contribution in [-0.2, 0) is 23.8 Å². The number of ether oxygens (including phenoxy) is 3. The van der Waals surface area contributed by atoms with E-state index in [4.69, 9.17) is 9.47 Å². The van der Waals surface area contributed by atoms with Crippen molar-refractivity contribution in [3.63, 3.8) is 0 Å². The summed E-state index contributed by atoms with van der Waals surface area (Å²) >= 11 is 0. The number of allylic oxidation sites excluding steroid dienone is 1. The average Bonchev–Trinajstić information content (AvgIpc) is 2.66. The van der Waals surface area contributed by atoms with Crippen molar-refractivity contribution in [2.75, 3.05) is 7.11 Å². The van der Waals surface area contributed by atoms with Gasteiger partial charge >= 0.3 is 11.9 Å². The third-order valence-electron chi connectivity index (χ3n) is 3.25. The molecule has 1 fully saturated rings. The van der Waals surface area contributed by atoms with Crippen molar-refractivity contribution in [1.29, 1.82) is 0 Å². The molecule has 0 bridgehead atoms. The van der Waals surface area contributed by atoms with E-state index >= 15 is 0 Å². The summed E-state index contributed by atoms with van der Waals surface area (Å²) in [7, 11) is 1.29. The van der Waals surface area contributed by atoms with Gasteiger partial charge in [0.05, 0.1) is 13.5 Å². The van der Waals surface area contributed by atoms with E-state index < -0.39 is 23.8 Å². The van der Waals surface area contributed by atoms with Gasteiger partial charge in [-0.2, -0.15) is 0 Å². The van der Waals surface area contributed by atoms with Gasteiger partial charge in [0.25, 0.3) is 0 Å². The number of carbonyl (C=O) groups excluding carboxylic acids is 2. The Morgan fingerprint density at radius 2 is 2.05 bits per heavy atom. The largest absolute Gasteiger partial charge is 0.469 e. The molecule has 0 aliphatic carbocycles. The van der Waals surface area contributed by atoms with Crippen LogP contribution >= 0.6 is 0 Å². The summed E-state index contributed by atoms with van der Waals surface area (Å²) in [6.07, 6.45) is 3.32. The minimum Gasteiger partial charge on any atom is -0.469 e. The SMILES string of the molecule is COC(=O)C[C@@]1(C/C=C/C(C)C)O[C@@H](C(C)(C)C)OC1=O. The first kappa shape index (κ1) is 17.7. The molecule has 1 rings (SSSR count). The average molecular weight is 298 g/mol. The number of rotatable bonds is 5. The Balaban J connectivity index is 2.97. The van der Waals surface area contributed by atoms with E-state index in [1.165, 1.54) is 7.11 Å². The van der Waals surface area contributed by atoms with E-state index in [1.54, 1.807) is 0 Å². The predicted molar refractivity (Wildman–Crippen MR) is 78.4 cm³/mol. The van der Waals surface area contributed by atoms with Crippen molar-refractivity contribution in [1.82, 2.24) is 0 Å². The van der Waals surface area contributed by atoms with Crippen LogP contribution in [0.15, 0.2) is 12.2 Å². The van der Waals surface area contributed by atoms with Crippen LogP contribution in [0.1, 0.15) is 47.5 Å². The minimum atomic E-state index is -1.28. The second-order valence-corrected chi connectivity index (χ2v) is 6.84. The number of hydrogen-bond acceptors (Lipinski definition) is 5. The van der Waals surface area contributed by atoms with Crippen LogP contribution < -0.4 is 0 Å². The normalized spacial score (nSPS) is 26.4. The lowest BCUT2D eigenvalue weighted by Gasteiger charge is -2.27. The molecule has 0 aromatic carbocycles. The summed E-state index contributed by atoms with van der Waals surface area (Å²) in [5.74, 6) is -0.628. The van der Waals surface area contributed by atoms with Crippen LogP contribution in [0.2, 0.25) is 0 Å². The van der Waals surface area contributed by atoms with Crippen LogP contribution in [0.5, 0.6) is 0 Å². The predicted octanol–water partition coefficient (Wildman–Crippen LogP) is 2.84. The Bertz CT molecular complexity index is 419. The van der Waals surface area contributed by atoms with E-state index in [9.17, 15) is 9.59 Å². The maximum atomic E-state index is 12.3. The number of methoxy groups -OCH3 is 1. The monoisotopic (exact) mass is 298 g/mol. The molecule has 0 spiro atoms. The van der Waals surface area contributed by atoms with Gasteiger partial charge in [0.1, 0.15) is 0 Å². The summed E-state index contributed by atoms with van der Waals surface area (Å²) in [4.78, 5) is 23.9. The van der Waals surface area contributed by atoms with Gasteiger partial charge < -0.3 is 14.2 Å². The third kappa shape index (κ3) is 4.56. The lowest BCUT2D eigenvalue weighted by molar-refractivity contribution is -0.161. The van der Waals surface area contributed by atoms with Crippen LogP contribution in [0.4, 0.5) is 0 Å². The molecule has 0 unspecified atom stereocenters. The molecule has 0 saturated carbocycles. The molecule has 5 heteroatoms. The van der Waals surface area contributed by atoms with Crippen LogP contribution in [0, 0.1) is 11.3 Å². The highest BCUT2D eigenvalue weighted by molar-refractivity contribution is 5.87. The van der Waals surface area contributed by atoms with Gasteiger partial charge in [-0.1, -0.05) is 46.8 Å². The quantitative estimate of drug-likeness (QED) is 0.577. The fraction of sp³-hybridized carbons (Fsp3) is 0.750. The number of esters is 2. The fourth-order valence-corrected chi connectivity index (χ4v) is 1.99. The first-order valence-corrected chi connectivity index (χ1v) is 7.23. The number of hydrogen-bond donors (Lipinski definition) is 0. The van der Waals surface area contributed by atoms with Crippen molar-refractivity contribution in [2.24, 2.45) is 11.3 Å². The minimum absolute atomic E-state index is 0.142. The van der Waals surface area contributed by atoms with Gasteiger partial charge in [0.15, 0.2) is 5.60 Å². The van der Waals surface area contributed by atoms with Gasteiger partial charge in [-0.05, 0) is 5.92 Å². The molecule has 1 heterocycles. The molecule has 0 aromatic rings. The smallest absolute Gasteiger partial charge is 0.341 e. The summed E-state index contributed by atoms with van der Waals surface area (Å²) in [6.45, 7) is 9.83. The Morgan fingerprint density at radius 3 is 2.48 bits per heavy atom. The van der Waals surface area contributed by atoms with Gasteiger partial charge in [-0.25, -0.2) is 4.79 Å². The topological polar surface area (TPSA) is 61.8 Å². The molecule has 2 atom stereocenters. The molecule has 0 aromatic heterocycles. The summed E-state index contributed by atoms with van der Waals surface area (Å²) in [5, 5.41) is 0. The van der Waals surface area contributed by atoms with Crippen LogP contribution in [0.25, 0.3) is 0 Å². The van der Waals surface area contributed by atoms with E-state index in [2.05, 4.69) is 4.74 Å². The fourth-order valence-electron chi connectivity index (χ4n) is 1.99. The third-order valence-corrected chi connectivity index (χ3v) is 3.25. The lowest BCUT2D eigenvalue weighted by atomic mass is 9.93. The van der Waals surface area contributed by atoms with Gasteiger partial charge in [0, 0.05) is 11.8 Å². The molecule has 0 amide bonds. The standard InChI is InChI=1S/C16H26O5/c1-11(2)8-7-9-16(10-12(17)19-6)13(18)20-14(21-16)15(3,4)5/h7-8,11,14H,9-10H2,1-6H3/b8-7+/t14-,16+/m0/s1. The molecular weight excluding hydrogens is 272 g/mol. The molecular formula is C16H26O5. The molecule has 21 heavy (non-hydrogen) atoms. The van der Waals surface area contributed by atoms with Crippen molar-refractivity contribution in [2.45, 2.75) is 59.4 Å². The molecule has 1 saturated heterocycles. The zero-order chi connectivity index (χ0) is 16.3. The van der Waals surface area contributed by atoms with Gasteiger partial charge in [-0.15, -0.1) is 0 Å². The Hall–Kier alpha value is -1.36. The van der Waals surface area contributed by atoms with E-state index in [0.717, 1.165) is 0 Å². The van der Waals surface area contributed by atoms with Crippen molar-refractivity contribution >= 4 is 11.9 Å². The maximum absolute atomic E-state index is 12.3. The zero-order valence-electron chi connectivity index (χ0n) is 13.8. The number of carbonyl (C=O) groups is 2. The highest BCUT2D eigenvalue weighted by atomic mass is 16.8. The van der Waals surface area contributed by atoms with E-state index in [0.29, 0.717) is 12.3 Å².